The molecular formula is C11H13N5O2S2. The third-order valence-electron chi connectivity index (χ3n) is 2.85. The molecule has 1 aliphatic heterocycles. The Labute approximate surface area is 123 Å². The van der Waals surface area contributed by atoms with Crippen molar-refractivity contribution in [3.8, 4) is 0 Å². The van der Waals surface area contributed by atoms with Crippen molar-refractivity contribution < 1.29 is 9.53 Å². The van der Waals surface area contributed by atoms with E-state index in [4.69, 9.17) is 4.74 Å². The largest absolute Gasteiger partial charge is 0.368 e. The van der Waals surface area contributed by atoms with E-state index in [2.05, 4.69) is 25.4 Å². The molecule has 0 aliphatic carbocycles. The normalized spacial score (nSPS) is 19.9. The molecule has 1 atom stereocenters. The van der Waals surface area contributed by atoms with E-state index in [0.717, 1.165) is 11.6 Å². The van der Waals surface area contributed by atoms with Crippen molar-refractivity contribution in [2.75, 3.05) is 31.6 Å². The maximum Gasteiger partial charge on any atom is 0.240 e. The molecule has 1 fully saturated rings. The number of ether oxygens (including phenoxy) is 1. The van der Waals surface area contributed by atoms with Crippen LogP contribution in [0, 0.1) is 0 Å². The Morgan fingerprint density at radius 1 is 1.55 bits per heavy atom. The van der Waals surface area contributed by atoms with Crippen LogP contribution in [0.4, 0.5) is 5.13 Å². The zero-order valence-corrected chi connectivity index (χ0v) is 12.2. The van der Waals surface area contributed by atoms with Gasteiger partial charge in [-0.25, -0.2) is 4.98 Å². The highest BCUT2D eigenvalue weighted by Gasteiger charge is 2.25. The van der Waals surface area contributed by atoms with Gasteiger partial charge >= 0.3 is 0 Å². The summed E-state index contributed by atoms with van der Waals surface area (Å²) in [6, 6.07) is 0. The van der Waals surface area contributed by atoms with E-state index >= 15 is 0 Å². The Balaban J connectivity index is 1.53. The Morgan fingerprint density at radius 2 is 2.50 bits per heavy atom. The van der Waals surface area contributed by atoms with Crippen molar-refractivity contribution >= 4 is 33.7 Å². The molecule has 3 rings (SSSR count). The van der Waals surface area contributed by atoms with Gasteiger partial charge in [0, 0.05) is 24.7 Å². The first-order valence-corrected chi connectivity index (χ1v) is 7.86. The van der Waals surface area contributed by atoms with Crippen LogP contribution in [0.3, 0.4) is 0 Å². The first-order valence-electron chi connectivity index (χ1n) is 6.10. The van der Waals surface area contributed by atoms with Crippen LogP contribution in [0.25, 0.3) is 0 Å². The average Bonchev–Trinajstić information content (AvgIpc) is 3.11. The lowest BCUT2D eigenvalue weighted by atomic mass is 10.3. The molecule has 9 heteroatoms. The molecule has 0 unspecified atom stereocenters. The van der Waals surface area contributed by atoms with Crippen LogP contribution < -0.4 is 5.32 Å². The van der Waals surface area contributed by atoms with Crippen LogP contribution >= 0.6 is 22.7 Å². The molecule has 1 N–H and O–H groups in total. The van der Waals surface area contributed by atoms with Crippen molar-refractivity contribution in [1.29, 1.82) is 0 Å². The third-order valence-corrected chi connectivity index (χ3v) is 4.33. The lowest BCUT2D eigenvalue weighted by Gasteiger charge is -2.31. The molecular weight excluding hydrogens is 298 g/mol. The summed E-state index contributed by atoms with van der Waals surface area (Å²) < 4.78 is 5.69. The second-order valence-corrected chi connectivity index (χ2v) is 6.02. The molecule has 20 heavy (non-hydrogen) atoms. The van der Waals surface area contributed by atoms with Crippen LogP contribution in [0.15, 0.2) is 17.1 Å². The van der Waals surface area contributed by atoms with Gasteiger partial charge in [0.25, 0.3) is 0 Å². The molecule has 0 bridgehead atoms. The van der Waals surface area contributed by atoms with Gasteiger partial charge in [-0.15, -0.1) is 21.5 Å². The van der Waals surface area contributed by atoms with Gasteiger partial charge in [0.05, 0.1) is 13.2 Å². The summed E-state index contributed by atoms with van der Waals surface area (Å²) in [6.07, 6.45) is 1.72. The van der Waals surface area contributed by atoms with Crippen LogP contribution in [-0.2, 0) is 9.53 Å². The minimum Gasteiger partial charge on any atom is -0.368 e. The van der Waals surface area contributed by atoms with Gasteiger partial charge in [-0.05, 0) is 0 Å². The standard InChI is InChI=1S/C11H13N5O2S2/c17-9(14-11-15-13-7-20-11)6-16-2-3-18-8(5-16)10-12-1-4-19-10/h1,4,7-8H,2-3,5-6H2,(H,14,15,17)/t8-/m1/s1. The molecule has 106 valence electrons. The van der Waals surface area contributed by atoms with Crippen LogP contribution in [0.5, 0.6) is 0 Å². The second-order valence-electron chi connectivity index (χ2n) is 4.26. The smallest absolute Gasteiger partial charge is 0.240 e. The SMILES string of the molecule is O=C(CN1CCO[C@@H](c2nccs2)C1)Nc1nncs1. The number of amides is 1. The number of hydrogen-bond donors (Lipinski definition) is 1. The summed E-state index contributed by atoms with van der Waals surface area (Å²) in [5, 5.41) is 13.6. The predicted octanol–water partition coefficient (Wildman–Crippen LogP) is 1.01. The number of rotatable bonds is 4. The fourth-order valence-corrected chi connectivity index (χ4v) is 3.12. The van der Waals surface area contributed by atoms with Gasteiger partial charge in [-0.1, -0.05) is 11.3 Å². The molecule has 0 radical (unpaired) electrons. The Hall–Kier alpha value is -1.42. The van der Waals surface area contributed by atoms with E-state index in [1.165, 1.54) is 11.3 Å². The van der Waals surface area contributed by atoms with E-state index < -0.39 is 0 Å². The van der Waals surface area contributed by atoms with E-state index in [9.17, 15) is 4.79 Å². The van der Waals surface area contributed by atoms with E-state index in [1.807, 2.05) is 5.38 Å². The monoisotopic (exact) mass is 311 g/mol. The van der Waals surface area contributed by atoms with Gasteiger partial charge in [0.1, 0.15) is 16.6 Å². The fraction of sp³-hybridized carbons (Fsp3) is 0.455. The van der Waals surface area contributed by atoms with Crippen molar-refractivity contribution in [3.05, 3.63) is 22.1 Å². The quantitative estimate of drug-likeness (QED) is 0.907. The summed E-state index contributed by atoms with van der Waals surface area (Å²) in [5.41, 5.74) is 1.59. The van der Waals surface area contributed by atoms with Crippen LogP contribution in [-0.4, -0.2) is 52.2 Å². The Morgan fingerprint density at radius 3 is 3.25 bits per heavy atom. The lowest BCUT2D eigenvalue weighted by Crippen LogP contribution is -2.42. The molecule has 1 amide bonds. The molecule has 7 nitrogen and oxygen atoms in total. The molecule has 0 saturated carbocycles. The maximum atomic E-state index is 11.9. The van der Waals surface area contributed by atoms with Crippen molar-refractivity contribution in [2.45, 2.75) is 6.10 Å². The highest BCUT2D eigenvalue weighted by atomic mass is 32.1. The number of carbonyl (C=O) groups is 1. The fourth-order valence-electron chi connectivity index (χ4n) is 1.98. The number of morpholine rings is 1. The van der Waals surface area contributed by atoms with Gasteiger partial charge in [0.15, 0.2) is 0 Å². The molecule has 0 aromatic carbocycles. The van der Waals surface area contributed by atoms with Crippen LogP contribution in [0.1, 0.15) is 11.1 Å². The number of nitrogens with one attached hydrogen (secondary N) is 1. The lowest BCUT2D eigenvalue weighted by molar-refractivity contribution is -0.119. The maximum absolute atomic E-state index is 11.9. The minimum atomic E-state index is -0.0819. The van der Waals surface area contributed by atoms with E-state index in [0.29, 0.717) is 24.8 Å². The van der Waals surface area contributed by atoms with Gasteiger partial charge in [-0.3, -0.25) is 15.0 Å². The van der Waals surface area contributed by atoms with Gasteiger partial charge < -0.3 is 4.74 Å². The second kappa shape index (κ2) is 6.35. The zero-order chi connectivity index (χ0) is 13.8. The van der Waals surface area contributed by atoms with Crippen molar-refractivity contribution in [1.82, 2.24) is 20.1 Å². The number of nitrogens with zero attached hydrogens (tertiary/aromatic N) is 4. The summed E-state index contributed by atoms with van der Waals surface area (Å²) >= 11 is 2.88. The highest BCUT2D eigenvalue weighted by molar-refractivity contribution is 7.13. The third kappa shape index (κ3) is 3.37. The number of aromatic nitrogens is 3. The Bertz CT molecular complexity index is 545. The van der Waals surface area contributed by atoms with Crippen LogP contribution in [0.2, 0.25) is 0 Å². The summed E-state index contributed by atoms with van der Waals surface area (Å²) in [7, 11) is 0. The van der Waals surface area contributed by atoms with E-state index in [1.54, 1.807) is 23.0 Å². The van der Waals surface area contributed by atoms with Gasteiger partial charge in [0.2, 0.25) is 11.0 Å². The first kappa shape index (κ1) is 13.6. The minimum absolute atomic E-state index is 0.0434. The molecule has 2 aromatic rings. The topological polar surface area (TPSA) is 80.2 Å². The van der Waals surface area contributed by atoms with E-state index in [-0.39, 0.29) is 12.0 Å². The molecule has 2 aromatic heterocycles. The highest BCUT2D eigenvalue weighted by Crippen LogP contribution is 2.23. The Kier molecular flexibility index (Phi) is 4.31. The van der Waals surface area contributed by atoms with Crippen molar-refractivity contribution in [2.24, 2.45) is 0 Å². The molecule has 1 aliphatic rings. The summed E-state index contributed by atoms with van der Waals surface area (Å²) in [6.45, 7) is 2.35. The predicted molar refractivity (Wildman–Crippen MR) is 75.8 cm³/mol. The zero-order valence-electron chi connectivity index (χ0n) is 10.6. The summed E-state index contributed by atoms with van der Waals surface area (Å²) in [4.78, 5) is 18.2. The molecule has 1 saturated heterocycles. The first-order chi connectivity index (χ1) is 9.81. The van der Waals surface area contributed by atoms with Crippen molar-refractivity contribution in [3.63, 3.8) is 0 Å². The molecule has 0 spiro atoms. The number of thiazole rings is 1. The number of hydrogen-bond acceptors (Lipinski definition) is 8. The average molecular weight is 311 g/mol. The number of carbonyl (C=O) groups excluding carboxylic acids is 1. The summed E-state index contributed by atoms with van der Waals surface area (Å²) in [5.74, 6) is -0.0819. The number of anilines is 1. The molecule has 3 heterocycles. The van der Waals surface area contributed by atoms with Gasteiger partial charge in [-0.2, -0.15) is 0 Å².